The van der Waals surface area contributed by atoms with Crippen LogP contribution in [0, 0.1) is 0 Å². The highest BCUT2D eigenvalue weighted by molar-refractivity contribution is 5.79. The first-order valence-corrected chi connectivity index (χ1v) is 2.70. The Hall–Kier alpha value is -1.18. The van der Waals surface area contributed by atoms with Gasteiger partial charge in [-0.15, -0.1) is 0 Å². The van der Waals surface area contributed by atoms with Gasteiger partial charge in [0.25, 0.3) is 0 Å². The molecule has 0 rings (SSSR count). The van der Waals surface area contributed by atoms with Crippen molar-refractivity contribution < 1.29 is 5.41 Å². The van der Waals surface area contributed by atoms with Gasteiger partial charge in [0.2, 0.25) is 0 Å². The maximum absolute atomic E-state index is 5.09. The van der Waals surface area contributed by atoms with Gasteiger partial charge in [0, 0.05) is 6.21 Å². The van der Waals surface area contributed by atoms with Crippen molar-refractivity contribution in [2.45, 2.75) is 6.92 Å². The van der Waals surface area contributed by atoms with E-state index >= 15 is 0 Å². The van der Waals surface area contributed by atoms with Gasteiger partial charge in [-0.25, -0.2) is 0 Å². The van der Waals surface area contributed by atoms with Crippen LogP contribution in [0.15, 0.2) is 29.4 Å². The summed E-state index contributed by atoms with van der Waals surface area (Å²) in [6.45, 7) is 5.45. The van der Waals surface area contributed by atoms with Crippen LogP contribution in [0.25, 0.3) is 0 Å². The second-order valence-corrected chi connectivity index (χ2v) is 1.46. The number of hydrogen-bond acceptors (Lipinski definition) is 1. The number of hydrogen-bond donors (Lipinski definition) is 1. The minimum absolute atomic E-state index is 0.577. The van der Waals surface area contributed by atoms with E-state index in [4.69, 9.17) is 5.41 Å². The van der Waals surface area contributed by atoms with E-state index in [1.807, 2.05) is 19.1 Å². The van der Waals surface area contributed by atoms with Crippen LogP contribution >= 0.6 is 0 Å². The van der Waals surface area contributed by atoms with Gasteiger partial charge in [-0.2, -0.15) is 0 Å². The van der Waals surface area contributed by atoms with Crippen molar-refractivity contribution in [3.8, 4) is 0 Å². The maximum atomic E-state index is 5.09. The zero-order valence-electron chi connectivity index (χ0n) is 5.54. The molecule has 48 valence electrons. The molecule has 9 heavy (non-hydrogen) atoms. The molecule has 0 atom stereocenters. The van der Waals surface area contributed by atoms with E-state index in [1.165, 1.54) is 6.21 Å². The van der Waals surface area contributed by atoms with Crippen LogP contribution in [-0.4, -0.2) is 12.4 Å². The monoisotopic (exact) mass is 123 g/mol. The zero-order chi connectivity index (χ0) is 7.11. The van der Waals surface area contributed by atoms with Crippen molar-refractivity contribution in [1.82, 2.24) is 0 Å². The van der Waals surface area contributed by atoms with E-state index in [0.717, 1.165) is 0 Å². The number of nitrogens with zero attached hydrogens (tertiary/aromatic N) is 1. The Kier molecular flexibility index (Phi) is 4.32. The molecule has 0 aliphatic rings. The molecule has 2 heteroatoms. The number of allylic oxidation sites excluding steroid dienone is 3. The fourth-order valence-corrected chi connectivity index (χ4v) is 0.268. The molecule has 0 spiro atoms. The van der Waals surface area contributed by atoms with E-state index in [0.29, 0.717) is 5.70 Å². The molecule has 0 heterocycles. The van der Waals surface area contributed by atoms with Crippen molar-refractivity contribution in [3.05, 3.63) is 24.4 Å². The Morgan fingerprint density at radius 3 is 2.78 bits per heavy atom. The predicted octanol–water partition coefficient (Wildman–Crippen LogP) is -0.0231. The van der Waals surface area contributed by atoms with Crippen molar-refractivity contribution in [1.29, 1.82) is 0 Å². The summed E-state index contributed by atoms with van der Waals surface area (Å²) in [5.74, 6) is 0. The molecule has 0 saturated carbocycles. The normalized spacial score (nSPS) is 10.8. The van der Waals surface area contributed by atoms with Crippen LogP contribution in [0.5, 0.6) is 0 Å². The molecule has 0 aliphatic carbocycles. The molecule has 0 aromatic carbocycles. The standard InChI is InChI=1S/C7H10N2/c1-3-4-5-9-7(2)6-8/h3-6,8H,2H2,1H3/p+1/b4-3+,8-6?,9-5?. The fourth-order valence-electron chi connectivity index (χ4n) is 0.268. The van der Waals surface area contributed by atoms with E-state index in [1.54, 1.807) is 6.21 Å². The Bertz CT molecular complexity index is 154. The summed E-state index contributed by atoms with van der Waals surface area (Å²) in [4.78, 5) is 3.85. The minimum atomic E-state index is 0.577. The lowest BCUT2D eigenvalue weighted by molar-refractivity contribution is -0.104. The van der Waals surface area contributed by atoms with Gasteiger partial charge in [-0.05, 0) is 13.0 Å². The fraction of sp³-hybridized carbons (Fsp3) is 0.143. The van der Waals surface area contributed by atoms with Crippen molar-refractivity contribution in [2.75, 3.05) is 0 Å². The SMILES string of the molecule is C=C(C=[NH2+])N=C/C=C/C. The second-order valence-electron chi connectivity index (χ2n) is 1.46. The molecule has 0 amide bonds. The van der Waals surface area contributed by atoms with Crippen LogP contribution in [0.1, 0.15) is 6.92 Å². The van der Waals surface area contributed by atoms with Crippen molar-refractivity contribution in [3.63, 3.8) is 0 Å². The average molecular weight is 123 g/mol. The molecule has 2 nitrogen and oxygen atoms in total. The first kappa shape index (κ1) is 7.82. The van der Waals surface area contributed by atoms with Gasteiger partial charge in [0.05, 0.1) is 0 Å². The number of rotatable bonds is 3. The molecule has 0 fully saturated rings. The van der Waals surface area contributed by atoms with Gasteiger partial charge in [-0.3, -0.25) is 10.4 Å². The molecule has 0 aromatic rings. The van der Waals surface area contributed by atoms with Gasteiger partial charge < -0.3 is 0 Å². The molecular weight excluding hydrogens is 112 g/mol. The van der Waals surface area contributed by atoms with Gasteiger partial charge in [-0.1, -0.05) is 12.7 Å². The van der Waals surface area contributed by atoms with Crippen LogP contribution in [0.3, 0.4) is 0 Å². The Balaban J connectivity index is 3.70. The maximum Gasteiger partial charge on any atom is 0.185 e. The minimum Gasteiger partial charge on any atom is -0.259 e. The number of nitrogens with two attached hydrogens (primary N) is 1. The second kappa shape index (κ2) is 4.97. The first-order valence-electron chi connectivity index (χ1n) is 2.70. The summed E-state index contributed by atoms with van der Waals surface area (Å²) in [5.41, 5.74) is 0.577. The third kappa shape index (κ3) is 4.68. The molecule has 0 saturated heterocycles. The summed E-state index contributed by atoms with van der Waals surface area (Å²) in [6.07, 6.45) is 6.70. The first-order chi connectivity index (χ1) is 4.31. The summed E-state index contributed by atoms with van der Waals surface area (Å²) in [5, 5.41) is 5.09. The highest BCUT2D eigenvalue weighted by Gasteiger charge is 1.78. The van der Waals surface area contributed by atoms with Crippen LogP contribution < -0.4 is 5.41 Å². The molecule has 0 unspecified atom stereocenters. The lowest BCUT2D eigenvalue weighted by Gasteiger charge is -1.77. The summed E-state index contributed by atoms with van der Waals surface area (Å²) < 4.78 is 0. The van der Waals surface area contributed by atoms with E-state index < -0.39 is 0 Å². The van der Waals surface area contributed by atoms with Crippen molar-refractivity contribution >= 4 is 12.4 Å². The Morgan fingerprint density at radius 2 is 2.33 bits per heavy atom. The molecule has 0 aliphatic heterocycles. The highest BCUT2D eigenvalue weighted by Crippen LogP contribution is 1.80. The van der Waals surface area contributed by atoms with Gasteiger partial charge >= 0.3 is 0 Å². The molecule has 0 aromatic heterocycles. The van der Waals surface area contributed by atoms with E-state index in [9.17, 15) is 0 Å². The lowest BCUT2D eigenvalue weighted by atomic mass is 10.5. The van der Waals surface area contributed by atoms with Crippen LogP contribution in [0.2, 0.25) is 0 Å². The smallest absolute Gasteiger partial charge is 0.185 e. The topological polar surface area (TPSA) is 38.0 Å². The summed E-state index contributed by atoms with van der Waals surface area (Å²) in [6, 6.07) is 0. The highest BCUT2D eigenvalue weighted by atomic mass is 14.7. The summed E-state index contributed by atoms with van der Waals surface area (Å²) >= 11 is 0. The predicted molar refractivity (Wildman–Crippen MR) is 40.4 cm³/mol. The van der Waals surface area contributed by atoms with Gasteiger partial charge in [0.1, 0.15) is 5.70 Å². The van der Waals surface area contributed by atoms with Crippen LogP contribution in [-0.2, 0) is 0 Å². The Morgan fingerprint density at radius 1 is 1.67 bits per heavy atom. The molecular formula is C7H11N2+. The third-order valence-electron chi connectivity index (χ3n) is 0.711. The van der Waals surface area contributed by atoms with E-state index in [-0.39, 0.29) is 0 Å². The van der Waals surface area contributed by atoms with E-state index in [2.05, 4.69) is 11.6 Å². The molecule has 0 bridgehead atoms. The largest absolute Gasteiger partial charge is 0.259 e. The Labute approximate surface area is 55.1 Å². The number of aliphatic imine (C=N–C) groups is 1. The zero-order valence-corrected chi connectivity index (χ0v) is 5.54. The molecule has 2 N–H and O–H groups in total. The average Bonchev–Trinajstić information content (AvgIpc) is 1.89. The third-order valence-corrected chi connectivity index (χ3v) is 0.711. The van der Waals surface area contributed by atoms with Crippen molar-refractivity contribution in [2.24, 2.45) is 4.99 Å². The quantitative estimate of drug-likeness (QED) is 0.512. The van der Waals surface area contributed by atoms with Crippen LogP contribution in [0.4, 0.5) is 0 Å². The molecule has 0 radical (unpaired) electrons. The lowest BCUT2D eigenvalue weighted by Crippen LogP contribution is -2.29. The summed E-state index contributed by atoms with van der Waals surface area (Å²) in [7, 11) is 0. The van der Waals surface area contributed by atoms with Gasteiger partial charge in [0.15, 0.2) is 6.21 Å².